The molecule has 0 saturated heterocycles. The molecule has 1 N–H and O–H groups in total. The van der Waals surface area contributed by atoms with Crippen molar-refractivity contribution in [2.45, 2.75) is 33.1 Å². The third-order valence-corrected chi connectivity index (χ3v) is 5.14. The van der Waals surface area contributed by atoms with Gasteiger partial charge in [0.2, 0.25) is 0 Å². The number of anilines is 1. The molecule has 0 bridgehead atoms. The first-order chi connectivity index (χ1) is 9.65. The Balaban J connectivity index is 2.43. The maximum Gasteiger partial charge on any atom is 0.171 e. The molecule has 0 radical (unpaired) electrons. The van der Waals surface area contributed by atoms with E-state index in [0.29, 0.717) is 0 Å². The van der Waals surface area contributed by atoms with Gasteiger partial charge in [0.1, 0.15) is 5.82 Å². The van der Waals surface area contributed by atoms with Crippen LogP contribution in [-0.2, 0) is 6.42 Å². The van der Waals surface area contributed by atoms with Crippen molar-refractivity contribution in [3.63, 3.8) is 0 Å². The Hall–Kier alpha value is -0.400. The summed E-state index contributed by atoms with van der Waals surface area (Å²) in [5.41, 5.74) is 1.11. The van der Waals surface area contributed by atoms with Gasteiger partial charge in [0.05, 0.1) is 19.2 Å². The van der Waals surface area contributed by atoms with Crippen LogP contribution in [0.4, 0.5) is 5.82 Å². The van der Waals surface area contributed by atoms with Gasteiger partial charge in [-0.05, 0) is 41.5 Å². The van der Waals surface area contributed by atoms with Crippen LogP contribution >= 0.6 is 45.5 Å². The summed E-state index contributed by atoms with van der Waals surface area (Å²) in [7, 11) is 0. The molecule has 0 spiro atoms. The van der Waals surface area contributed by atoms with Gasteiger partial charge in [-0.2, -0.15) is 0 Å². The van der Waals surface area contributed by atoms with Gasteiger partial charge in [0.15, 0.2) is 5.82 Å². The van der Waals surface area contributed by atoms with Gasteiger partial charge in [0.25, 0.3) is 0 Å². The van der Waals surface area contributed by atoms with Gasteiger partial charge in [-0.1, -0.05) is 31.9 Å². The van der Waals surface area contributed by atoms with E-state index in [0.717, 1.165) is 56.6 Å². The zero-order chi connectivity index (χ0) is 14.5. The standard InChI is InChI=1S/C14H17ClIN3S/c1-3-5-10-12(16)14(17-6-4-2)19-13(18-10)11-7-9(15)8-20-11/h7-8H,3-6H2,1-2H3,(H,17,18,19). The van der Waals surface area contributed by atoms with E-state index in [1.807, 2.05) is 11.4 Å². The first-order valence-electron chi connectivity index (χ1n) is 6.70. The van der Waals surface area contributed by atoms with Crippen molar-refractivity contribution in [2.75, 3.05) is 11.9 Å². The lowest BCUT2D eigenvalue weighted by Crippen LogP contribution is -2.09. The third-order valence-electron chi connectivity index (χ3n) is 2.74. The Bertz CT molecular complexity index is 586. The zero-order valence-electron chi connectivity index (χ0n) is 11.5. The number of hydrogen-bond acceptors (Lipinski definition) is 4. The molecule has 0 aliphatic rings. The number of aromatic nitrogens is 2. The van der Waals surface area contributed by atoms with E-state index in [4.69, 9.17) is 16.6 Å². The monoisotopic (exact) mass is 421 g/mol. The number of nitrogens with one attached hydrogen (secondary N) is 1. The second kappa shape index (κ2) is 7.56. The van der Waals surface area contributed by atoms with Gasteiger partial charge in [-0.3, -0.25) is 0 Å². The minimum atomic E-state index is 0.743. The molecule has 20 heavy (non-hydrogen) atoms. The van der Waals surface area contributed by atoms with Crippen LogP contribution in [0.3, 0.4) is 0 Å². The second-order valence-electron chi connectivity index (χ2n) is 4.46. The molecule has 2 aromatic heterocycles. The van der Waals surface area contributed by atoms with E-state index in [2.05, 4.69) is 46.7 Å². The molecule has 0 aliphatic carbocycles. The lowest BCUT2D eigenvalue weighted by Gasteiger charge is -2.11. The highest BCUT2D eigenvalue weighted by molar-refractivity contribution is 14.1. The summed E-state index contributed by atoms with van der Waals surface area (Å²) in [4.78, 5) is 10.4. The largest absolute Gasteiger partial charge is 0.369 e. The topological polar surface area (TPSA) is 37.8 Å². The lowest BCUT2D eigenvalue weighted by molar-refractivity contribution is 0.864. The van der Waals surface area contributed by atoms with Crippen LogP contribution in [-0.4, -0.2) is 16.5 Å². The molecule has 0 atom stereocenters. The fourth-order valence-electron chi connectivity index (χ4n) is 1.80. The third kappa shape index (κ3) is 3.83. The van der Waals surface area contributed by atoms with E-state index in [-0.39, 0.29) is 0 Å². The molecule has 2 heterocycles. The van der Waals surface area contributed by atoms with Crippen molar-refractivity contribution in [2.24, 2.45) is 0 Å². The number of thiophene rings is 1. The Morgan fingerprint density at radius 3 is 2.70 bits per heavy atom. The van der Waals surface area contributed by atoms with Crippen LogP contribution in [0.5, 0.6) is 0 Å². The summed E-state index contributed by atoms with van der Waals surface area (Å²) in [6.07, 6.45) is 3.11. The molecule has 0 saturated carbocycles. The minimum absolute atomic E-state index is 0.743. The maximum atomic E-state index is 6.00. The predicted molar refractivity (Wildman–Crippen MR) is 95.8 cm³/mol. The van der Waals surface area contributed by atoms with Crippen molar-refractivity contribution >= 4 is 51.3 Å². The lowest BCUT2D eigenvalue weighted by atomic mass is 10.2. The SMILES string of the molecule is CCCNc1nc(-c2cc(Cl)cs2)nc(CCC)c1I. The molecule has 2 rings (SSSR count). The Labute approximate surface area is 142 Å². The van der Waals surface area contributed by atoms with Crippen molar-refractivity contribution < 1.29 is 0 Å². The number of aryl methyl sites for hydroxylation is 1. The Morgan fingerprint density at radius 1 is 1.30 bits per heavy atom. The molecule has 0 aromatic carbocycles. The molecule has 2 aromatic rings. The highest BCUT2D eigenvalue weighted by Crippen LogP contribution is 2.30. The smallest absolute Gasteiger partial charge is 0.171 e. The molecular weight excluding hydrogens is 405 g/mol. The van der Waals surface area contributed by atoms with Crippen molar-refractivity contribution in [3.05, 3.63) is 25.7 Å². The highest BCUT2D eigenvalue weighted by Gasteiger charge is 2.14. The summed E-state index contributed by atoms with van der Waals surface area (Å²) >= 11 is 9.92. The molecule has 108 valence electrons. The Morgan fingerprint density at radius 2 is 2.10 bits per heavy atom. The van der Waals surface area contributed by atoms with Gasteiger partial charge in [-0.25, -0.2) is 9.97 Å². The number of hydrogen-bond donors (Lipinski definition) is 1. The van der Waals surface area contributed by atoms with Crippen molar-refractivity contribution in [1.29, 1.82) is 0 Å². The summed E-state index contributed by atoms with van der Waals surface area (Å²) < 4.78 is 1.13. The van der Waals surface area contributed by atoms with Crippen LogP contribution < -0.4 is 5.32 Å². The summed E-state index contributed by atoms with van der Waals surface area (Å²) in [5.74, 6) is 1.70. The maximum absolute atomic E-state index is 6.00. The van der Waals surface area contributed by atoms with E-state index in [1.165, 1.54) is 0 Å². The first-order valence-corrected chi connectivity index (χ1v) is 9.04. The van der Waals surface area contributed by atoms with Crippen molar-refractivity contribution in [3.8, 4) is 10.7 Å². The fourth-order valence-corrected chi connectivity index (χ4v) is 3.51. The average Bonchev–Trinajstić information content (AvgIpc) is 2.86. The molecule has 0 unspecified atom stereocenters. The summed E-state index contributed by atoms with van der Waals surface area (Å²) in [6.45, 7) is 5.23. The van der Waals surface area contributed by atoms with Gasteiger partial charge in [0, 0.05) is 11.9 Å². The summed E-state index contributed by atoms with van der Waals surface area (Å²) in [6, 6.07) is 1.92. The zero-order valence-corrected chi connectivity index (χ0v) is 15.3. The fraction of sp³-hybridized carbons (Fsp3) is 0.429. The quantitative estimate of drug-likeness (QED) is 0.648. The van der Waals surface area contributed by atoms with E-state index in [9.17, 15) is 0 Å². The van der Waals surface area contributed by atoms with Crippen LogP contribution in [0.2, 0.25) is 5.02 Å². The first kappa shape index (κ1) is 16.0. The number of nitrogens with zero attached hydrogens (tertiary/aromatic N) is 2. The van der Waals surface area contributed by atoms with Crippen molar-refractivity contribution in [1.82, 2.24) is 9.97 Å². The second-order valence-corrected chi connectivity index (χ2v) is 6.89. The van der Waals surface area contributed by atoms with Gasteiger partial charge < -0.3 is 5.32 Å². The van der Waals surface area contributed by atoms with Crippen LogP contribution in [0.1, 0.15) is 32.4 Å². The normalized spacial score (nSPS) is 10.8. The molecule has 0 fully saturated rings. The number of halogens is 2. The predicted octanol–water partition coefficient (Wildman–Crippen LogP) is 5.24. The average molecular weight is 422 g/mol. The van der Waals surface area contributed by atoms with E-state index >= 15 is 0 Å². The van der Waals surface area contributed by atoms with E-state index < -0.39 is 0 Å². The highest BCUT2D eigenvalue weighted by atomic mass is 127. The molecule has 0 aliphatic heterocycles. The van der Waals surface area contributed by atoms with E-state index in [1.54, 1.807) is 11.3 Å². The van der Waals surface area contributed by atoms with Crippen LogP contribution in [0.25, 0.3) is 10.7 Å². The van der Waals surface area contributed by atoms with Gasteiger partial charge >= 0.3 is 0 Å². The molecular formula is C14H17ClIN3S. The molecule has 3 nitrogen and oxygen atoms in total. The minimum Gasteiger partial charge on any atom is -0.369 e. The molecule has 6 heteroatoms. The molecule has 0 amide bonds. The van der Waals surface area contributed by atoms with Crippen LogP contribution in [0.15, 0.2) is 11.4 Å². The Kier molecular flexibility index (Phi) is 6.04. The van der Waals surface area contributed by atoms with Crippen LogP contribution in [0, 0.1) is 3.57 Å². The number of rotatable bonds is 6. The van der Waals surface area contributed by atoms with Gasteiger partial charge in [-0.15, -0.1) is 11.3 Å². The summed E-state index contributed by atoms with van der Waals surface area (Å²) in [5, 5.41) is 6.05.